The van der Waals surface area contributed by atoms with Gasteiger partial charge in [0.1, 0.15) is 0 Å². The van der Waals surface area contributed by atoms with Crippen LogP contribution < -0.4 is 10.6 Å². The molecule has 10 heteroatoms. The standard InChI is InChI=1S/C24H22N6O3S/c1-17-7-11-20(12-8-17)29-22(27-28-24(29)34-16-18-5-3-2-4-6-18)15-25-23(31)26-19-9-13-21(14-10-19)30(32)33/h2-14H,15-16H2,1H3,(H2,25,26,31). The predicted octanol–water partition coefficient (Wildman–Crippen LogP) is 5.10. The van der Waals surface area contributed by atoms with Crippen molar-refractivity contribution in [3.05, 3.63) is 106 Å². The Labute approximate surface area is 200 Å². The number of thioether (sulfide) groups is 1. The number of hydrogen-bond acceptors (Lipinski definition) is 6. The normalized spacial score (nSPS) is 10.6. The maximum atomic E-state index is 12.4. The Hall–Kier alpha value is -4.18. The van der Waals surface area contributed by atoms with E-state index < -0.39 is 11.0 Å². The number of carbonyl (C=O) groups is 1. The molecule has 3 aromatic carbocycles. The summed E-state index contributed by atoms with van der Waals surface area (Å²) in [6.45, 7) is 2.16. The van der Waals surface area contributed by atoms with E-state index in [0.29, 0.717) is 11.5 Å². The molecular formula is C24H22N6O3S. The number of nitro groups is 1. The fraction of sp³-hybridized carbons (Fsp3) is 0.125. The average molecular weight is 475 g/mol. The zero-order valence-corrected chi connectivity index (χ0v) is 19.2. The zero-order valence-electron chi connectivity index (χ0n) is 18.3. The first-order valence-corrected chi connectivity index (χ1v) is 11.5. The molecule has 4 aromatic rings. The molecule has 0 fully saturated rings. The van der Waals surface area contributed by atoms with Crippen LogP contribution in [0.5, 0.6) is 0 Å². The van der Waals surface area contributed by atoms with Crippen LogP contribution in [0.25, 0.3) is 5.69 Å². The van der Waals surface area contributed by atoms with E-state index >= 15 is 0 Å². The third-order valence-electron chi connectivity index (χ3n) is 4.95. The SMILES string of the molecule is Cc1ccc(-n2c(CNC(=O)Nc3ccc([N+](=O)[O-])cc3)nnc2SCc2ccccc2)cc1. The number of urea groups is 1. The lowest BCUT2D eigenvalue weighted by Crippen LogP contribution is -2.29. The summed E-state index contributed by atoms with van der Waals surface area (Å²) < 4.78 is 1.93. The summed E-state index contributed by atoms with van der Waals surface area (Å²) in [5.41, 5.74) is 3.62. The van der Waals surface area contributed by atoms with Crippen molar-refractivity contribution in [1.29, 1.82) is 0 Å². The maximum Gasteiger partial charge on any atom is 0.319 e. The van der Waals surface area contributed by atoms with Crippen molar-refractivity contribution < 1.29 is 9.72 Å². The smallest absolute Gasteiger partial charge is 0.319 e. The quantitative estimate of drug-likeness (QED) is 0.209. The van der Waals surface area contributed by atoms with Crippen molar-refractivity contribution >= 4 is 29.2 Å². The Bertz CT molecular complexity index is 1270. The van der Waals surface area contributed by atoms with Gasteiger partial charge in [-0.25, -0.2) is 4.79 Å². The number of benzene rings is 3. The Morgan fingerprint density at radius 3 is 2.38 bits per heavy atom. The van der Waals surface area contributed by atoms with Crippen LogP contribution in [0.1, 0.15) is 17.0 Å². The third-order valence-corrected chi connectivity index (χ3v) is 5.95. The minimum Gasteiger partial charge on any atom is -0.331 e. The molecule has 0 radical (unpaired) electrons. The Morgan fingerprint density at radius 2 is 1.71 bits per heavy atom. The van der Waals surface area contributed by atoms with Crippen molar-refractivity contribution in [3.8, 4) is 5.69 Å². The molecular weight excluding hydrogens is 452 g/mol. The molecule has 34 heavy (non-hydrogen) atoms. The minimum atomic E-state index is -0.491. The van der Waals surface area contributed by atoms with Crippen molar-refractivity contribution in [2.75, 3.05) is 5.32 Å². The van der Waals surface area contributed by atoms with Gasteiger partial charge in [-0.3, -0.25) is 14.7 Å². The van der Waals surface area contributed by atoms with Crippen molar-refractivity contribution in [1.82, 2.24) is 20.1 Å². The molecule has 0 aliphatic heterocycles. The molecule has 0 aliphatic rings. The van der Waals surface area contributed by atoms with Gasteiger partial charge < -0.3 is 10.6 Å². The largest absolute Gasteiger partial charge is 0.331 e. The third kappa shape index (κ3) is 5.78. The molecule has 172 valence electrons. The van der Waals surface area contributed by atoms with Crippen LogP contribution in [0, 0.1) is 17.0 Å². The summed E-state index contributed by atoms with van der Waals surface area (Å²) in [6.07, 6.45) is 0. The molecule has 1 heterocycles. The second-order valence-electron chi connectivity index (χ2n) is 7.46. The summed E-state index contributed by atoms with van der Waals surface area (Å²) in [6, 6.07) is 23.3. The number of aromatic nitrogens is 3. The van der Waals surface area contributed by atoms with Crippen LogP contribution in [-0.2, 0) is 12.3 Å². The monoisotopic (exact) mass is 474 g/mol. The number of non-ortho nitro benzene ring substituents is 1. The molecule has 0 unspecified atom stereocenters. The van der Waals surface area contributed by atoms with E-state index in [1.54, 1.807) is 11.8 Å². The van der Waals surface area contributed by atoms with Crippen molar-refractivity contribution in [2.45, 2.75) is 24.4 Å². The fourth-order valence-electron chi connectivity index (χ4n) is 3.18. The molecule has 0 saturated heterocycles. The second kappa shape index (κ2) is 10.6. The molecule has 2 N–H and O–H groups in total. The molecule has 2 amide bonds. The number of aryl methyl sites for hydroxylation is 1. The Morgan fingerprint density at radius 1 is 1.00 bits per heavy atom. The molecule has 0 bridgehead atoms. The second-order valence-corrected chi connectivity index (χ2v) is 8.40. The van der Waals surface area contributed by atoms with E-state index in [9.17, 15) is 14.9 Å². The number of nitrogens with one attached hydrogen (secondary N) is 2. The lowest BCUT2D eigenvalue weighted by Gasteiger charge is -2.12. The van der Waals surface area contributed by atoms with Crippen LogP contribution in [0.15, 0.2) is 84.0 Å². The van der Waals surface area contributed by atoms with Gasteiger partial charge in [-0.2, -0.15) is 0 Å². The van der Waals surface area contributed by atoms with Gasteiger partial charge in [-0.15, -0.1) is 10.2 Å². The number of amides is 2. The lowest BCUT2D eigenvalue weighted by molar-refractivity contribution is -0.384. The van der Waals surface area contributed by atoms with E-state index in [4.69, 9.17) is 0 Å². The first-order chi connectivity index (χ1) is 16.5. The van der Waals surface area contributed by atoms with Crippen molar-refractivity contribution in [3.63, 3.8) is 0 Å². The van der Waals surface area contributed by atoms with Crippen LogP contribution in [-0.4, -0.2) is 25.7 Å². The van der Waals surface area contributed by atoms with Crippen LogP contribution in [0.3, 0.4) is 0 Å². The zero-order chi connectivity index (χ0) is 23.9. The molecule has 0 atom stereocenters. The van der Waals surface area contributed by atoms with Gasteiger partial charge in [0.2, 0.25) is 0 Å². The summed E-state index contributed by atoms with van der Waals surface area (Å²) in [5.74, 6) is 1.32. The van der Waals surface area contributed by atoms with Crippen molar-refractivity contribution in [2.24, 2.45) is 0 Å². The minimum absolute atomic E-state index is 0.0438. The van der Waals surface area contributed by atoms with Crippen LogP contribution >= 0.6 is 11.8 Å². The number of hydrogen-bond donors (Lipinski definition) is 2. The fourth-order valence-corrected chi connectivity index (χ4v) is 4.11. The van der Waals surface area contributed by atoms with Gasteiger partial charge in [-0.1, -0.05) is 59.8 Å². The molecule has 0 saturated carbocycles. The number of nitrogens with zero attached hydrogens (tertiary/aromatic N) is 4. The molecule has 0 spiro atoms. The predicted molar refractivity (Wildman–Crippen MR) is 131 cm³/mol. The van der Waals surface area contributed by atoms with Gasteiger partial charge in [0.25, 0.3) is 5.69 Å². The van der Waals surface area contributed by atoms with Gasteiger partial charge in [-0.05, 0) is 36.8 Å². The summed E-state index contributed by atoms with van der Waals surface area (Å²) in [4.78, 5) is 22.7. The molecule has 4 rings (SSSR count). The van der Waals surface area contributed by atoms with Crippen LogP contribution in [0.4, 0.5) is 16.2 Å². The summed E-state index contributed by atoms with van der Waals surface area (Å²) in [5, 5.41) is 25.6. The van der Waals surface area contributed by atoms with E-state index in [1.807, 2.05) is 54.0 Å². The van der Waals surface area contributed by atoms with E-state index in [1.165, 1.54) is 29.8 Å². The molecule has 0 aliphatic carbocycles. The maximum absolute atomic E-state index is 12.4. The first kappa shape index (κ1) is 23.0. The number of rotatable bonds is 8. The van der Waals surface area contributed by atoms with Gasteiger partial charge >= 0.3 is 6.03 Å². The highest BCUT2D eigenvalue weighted by atomic mass is 32.2. The topological polar surface area (TPSA) is 115 Å². The first-order valence-electron chi connectivity index (χ1n) is 10.5. The molecule has 9 nitrogen and oxygen atoms in total. The van der Waals surface area contributed by atoms with Crippen LogP contribution in [0.2, 0.25) is 0 Å². The molecule has 1 aromatic heterocycles. The number of carbonyl (C=O) groups excluding carboxylic acids is 1. The number of anilines is 1. The highest BCUT2D eigenvalue weighted by molar-refractivity contribution is 7.98. The highest BCUT2D eigenvalue weighted by Gasteiger charge is 2.16. The lowest BCUT2D eigenvalue weighted by atomic mass is 10.2. The average Bonchev–Trinajstić information content (AvgIpc) is 3.25. The summed E-state index contributed by atoms with van der Waals surface area (Å²) >= 11 is 1.57. The van der Waals surface area contributed by atoms with E-state index in [2.05, 4.69) is 33.0 Å². The Kier molecular flexibility index (Phi) is 7.19. The van der Waals surface area contributed by atoms with E-state index in [-0.39, 0.29) is 12.2 Å². The van der Waals surface area contributed by atoms with Gasteiger partial charge in [0, 0.05) is 29.3 Å². The number of nitro benzene ring substituents is 1. The van der Waals surface area contributed by atoms with E-state index in [0.717, 1.165) is 22.2 Å². The highest BCUT2D eigenvalue weighted by Crippen LogP contribution is 2.25. The van der Waals surface area contributed by atoms with Gasteiger partial charge in [0.15, 0.2) is 11.0 Å². The Balaban J connectivity index is 1.47. The summed E-state index contributed by atoms with van der Waals surface area (Å²) in [7, 11) is 0. The van der Waals surface area contributed by atoms with Gasteiger partial charge in [0.05, 0.1) is 11.5 Å².